The van der Waals surface area contributed by atoms with Gasteiger partial charge in [0.2, 0.25) is 5.91 Å². The second-order valence-corrected chi connectivity index (χ2v) is 5.65. The van der Waals surface area contributed by atoms with E-state index in [-0.39, 0.29) is 5.91 Å². The van der Waals surface area contributed by atoms with Crippen LogP contribution < -0.4 is 10.2 Å². The summed E-state index contributed by atoms with van der Waals surface area (Å²) in [5.41, 5.74) is 5.10. The van der Waals surface area contributed by atoms with E-state index < -0.39 is 0 Å². The van der Waals surface area contributed by atoms with E-state index in [1.807, 2.05) is 25.1 Å². The van der Waals surface area contributed by atoms with E-state index in [0.29, 0.717) is 10.9 Å². The Balaban J connectivity index is 2.18. The Hall–Kier alpha value is -2.41. The normalized spacial score (nSPS) is 11.2. The Morgan fingerprint density at radius 2 is 2.04 bits per heavy atom. The summed E-state index contributed by atoms with van der Waals surface area (Å²) < 4.78 is 5.40. The van der Waals surface area contributed by atoms with Crippen molar-refractivity contribution in [3.05, 3.63) is 47.8 Å². The van der Waals surface area contributed by atoms with Crippen molar-refractivity contribution in [3.63, 3.8) is 0 Å². The number of hydrogen-bond donors (Lipinski definition) is 1. The monoisotopic (exact) mass is 330 g/mol. The second kappa shape index (κ2) is 8.28. The molecule has 0 spiro atoms. The maximum atomic E-state index is 11.0. The molecular weight excluding hydrogens is 312 g/mol. The number of ether oxygens (including phenoxy) is 1. The second-order valence-electron chi connectivity index (χ2n) is 4.71. The molecule has 120 valence electrons. The van der Waals surface area contributed by atoms with Crippen LogP contribution in [-0.4, -0.2) is 28.7 Å². The third-order valence-corrected chi connectivity index (χ3v) is 3.90. The first-order chi connectivity index (χ1) is 11.1. The van der Waals surface area contributed by atoms with E-state index in [4.69, 9.17) is 4.74 Å². The Bertz CT molecular complexity index is 704. The van der Waals surface area contributed by atoms with Crippen LogP contribution in [0, 0.1) is 0 Å². The van der Waals surface area contributed by atoms with Crippen molar-refractivity contribution < 1.29 is 9.53 Å². The average Bonchev–Trinajstić information content (AvgIpc) is 2.58. The third-order valence-electron chi connectivity index (χ3n) is 2.98. The van der Waals surface area contributed by atoms with Gasteiger partial charge in [-0.15, -0.1) is 0 Å². The summed E-state index contributed by atoms with van der Waals surface area (Å²) in [5.74, 6) is 1.27. The highest BCUT2D eigenvalue weighted by molar-refractivity contribution is 7.98. The van der Waals surface area contributed by atoms with E-state index in [1.54, 1.807) is 25.6 Å². The molecule has 0 unspecified atom stereocenters. The standard InChI is InChI=1S/C16H18N4O2S/c1-11(19-20-12(2)21)13-5-6-15(22-3)14(9-13)10-23-16-17-7-4-8-18-16/h4-9H,10H2,1-3H3,(H,20,21)/b19-11-. The summed E-state index contributed by atoms with van der Waals surface area (Å²) in [6.07, 6.45) is 3.43. The molecule has 2 aromatic rings. The minimum Gasteiger partial charge on any atom is -0.496 e. The van der Waals surface area contributed by atoms with E-state index in [2.05, 4.69) is 20.5 Å². The molecule has 0 radical (unpaired) electrons. The van der Waals surface area contributed by atoms with Gasteiger partial charge in [-0.1, -0.05) is 11.8 Å². The topological polar surface area (TPSA) is 76.5 Å². The van der Waals surface area contributed by atoms with Gasteiger partial charge in [0.25, 0.3) is 0 Å². The number of nitrogens with zero attached hydrogens (tertiary/aromatic N) is 3. The first-order valence-corrected chi connectivity index (χ1v) is 7.96. The van der Waals surface area contributed by atoms with Crippen molar-refractivity contribution in [1.29, 1.82) is 0 Å². The van der Waals surface area contributed by atoms with Gasteiger partial charge in [-0.3, -0.25) is 4.79 Å². The largest absolute Gasteiger partial charge is 0.496 e. The zero-order valence-corrected chi connectivity index (χ0v) is 14.1. The molecule has 1 N–H and O–H groups in total. The number of carbonyl (C=O) groups is 1. The molecule has 2 rings (SSSR count). The van der Waals surface area contributed by atoms with Crippen molar-refractivity contribution in [2.75, 3.05) is 7.11 Å². The zero-order valence-electron chi connectivity index (χ0n) is 13.2. The van der Waals surface area contributed by atoms with Gasteiger partial charge in [-0.2, -0.15) is 5.10 Å². The van der Waals surface area contributed by atoms with E-state index >= 15 is 0 Å². The molecule has 23 heavy (non-hydrogen) atoms. The number of amides is 1. The number of rotatable bonds is 6. The lowest BCUT2D eigenvalue weighted by molar-refractivity contribution is -0.118. The Kier molecular flexibility index (Phi) is 6.10. The van der Waals surface area contributed by atoms with Gasteiger partial charge in [-0.05, 0) is 36.8 Å². The van der Waals surface area contributed by atoms with Crippen LogP contribution in [-0.2, 0) is 10.5 Å². The Morgan fingerprint density at radius 3 is 2.70 bits per heavy atom. The fourth-order valence-electron chi connectivity index (χ4n) is 1.85. The minimum absolute atomic E-state index is 0.199. The van der Waals surface area contributed by atoms with Crippen molar-refractivity contribution in [1.82, 2.24) is 15.4 Å². The SMILES string of the molecule is COc1ccc(/C(C)=N\NC(C)=O)cc1CSc1ncccn1. The highest BCUT2D eigenvalue weighted by atomic mass is 32.2. The molecule has 0 fully saturated rings. The molecule has 0 aliphatic carbocycles. The predicted octanol–water partition coefficient (Wildman–Crippen LogP) is 2.64. The average molecular weight is 330 g/mol. The van der Waals surface area contributed by atoms with Crippen molar-refractivity contribution in [3.8, 4) is 5.75 Å². The minimum atomic E-state index is -0.199. The summed E-state index contributed by atoms with van der Waals surface area (Å²) in [6.45, 7) is 3.27. The summed E-state index contributed by atoms with van der Waals surface area (Å²) in [7, 11) is 1.64. The number of thioether (sulfide) groups is 1. The Morgan fingerprint density at radius 1 is 1.30 bits per heavy atom. The lowest BCUT2D eigenvalue weighted by atomic mass is 10.1. The van der Waals surface area contributed by atoms with Crippen LogP contribution in [0.25, 0.3) is 0 Å². The predicted molar refractivity (Wildman–Crippen MR) is 90.6 cm³/mol. The first-order valence-electron chi connectivity index (χ1n) is 6.98. The number of hydrogen-bond acceptors (Lipinski definition) is 6. The van der Waals surface area contributed by atoms with Crippen LogP contribution in [0.4, 0.5) is 0 Å². The van der Waals surface area contributed by atoms with E-state index in [9.17, 15) is 4.79 Å². The molecule has 0 atom stereocenters. The molecule has 1 heterocycles. The molecule has 1 aromatic carbocycles. The molecule has 1 aromatic heterocycles. The van der Waals surface area contributed by atoms with Gasteiger partial charge in [0.1, 0.15) is 5.75 Å². The molecule has 0 saturated heterocycles. The summed E-state index contributed by atoms with van der Waals surface area (Å²) in [5, 5.41) is 4.77. The van der Waals surface area contributed by atoms with Gasteiger partial charge in [-0.25, -0.2) is 15.4 Å². The Labute approximate surface area is 139 Å². The summed E-state index contributed by atoms with van der Waals surface area (Å²) >= 11 is 1.53. The number of aromatic nitrogens is 2. The van der Waals surface area contributed by atoms with Crippen molar-refractivity contribution >= 4 is 23.4 Å². The first kappa shape index (κ1) is 17.0. The molecule has 0 saturated carbocycles. The highest BCUT2D eigenvalue weighted by Crippen LogP contribution is 2.27. The fraction of sp³-hybridized carbons (Fsp3) is 0.250. The lowest BCUT2D eigenvalue weighted by Gasteiger charge is -2.10. The van der Waals surface area contributed by atoms with Gasteiger partial charge in [0.15, 0.2) is 5.16 Å². The molecule has 0 bridgehead atoms. The van der Waals surface area contributed by atoms with Crippen LogP contribution in [0.2, 0.25) is 0 Å². The van der Waals surface area contributed by atoms with Gasteiger partial charge < -0.3 is 4.74 Å². The molecule has 6 nitrogen and oxygen atoms in total. The van der Waals surface area contributed by atoms with Crippen LogP contribution in [0.3, 0.4) is 0 Å². The molecule has 0 aliphatic rings. The van der Waals surface area contributed by atoms with Gasteiger partial charge >= 0.3 is 0 Å². The number of nitrogens with one attached hydrogen (secondary N) is 1. The maximum absolute atomic E-state index is 11.0. The molecule has 7 heteroatoms. The summed E-state index contributed by atoms with van der Waals surface area (Å²) in [6, 6.07) is 7.58. The number of benzene rings is 1. The van der Waals surface area contributed by atoms with E-state index in [0.717, 1.165) is 22.6 Å². The third kappa shape index (κ3) is 5.07. The highest BCUT2D eigenvalue weighted by Gasteiger charge is 2.08. The fourth-order valence-corrected chi connectivity index (χ4v) is 2.63. The summed E-state index contributed by atoms with van der Waals surface area (Å²) in [4.78, 5) is 19.3. The van der Waals surface area contributed by atoms with Crippen LogP contribution in [0.15, 0.2) is 46.9 Å². The van der Waals surface area contributed by atoms with Crippen LogP contribution >= 0.6 is 11.8 Å². The van der Waals surface area contributed by atoms with E-state index in [1.165, 1.54) is 18.7 Å². The zero-order chi connectivity index (χ0) is 16.7. The van der Waals surface area contributed by atoms with Gasteiger partial charge in [0.05, 0.1) is 12.8 Å². The molecular formula is C16H18N4O2S. The quantitative estimate of drug-likeness (QED) is 0.381. The van der Waals surface area contributed by atoms with Crippen LogP contribution in [0.1, 0.15) is 25.0 Å². The lowest BCUT2D eigenvalue weighted by Crippen LogP contribution is -2.15. The molecule has 0 aliphatic heterocycles. The van der Waals surface area contributed by atoms with Gasteiger partial charge in [0, 0.05) is 30.6 Å². The smallest absolute Gasteiger partial charge is 0.236 e. The van der Waals surface area contributed by atoms with Crippen LogP contribution in [0.5, 0.6) is 5.75 Å². The number of carbonyl (C=O) groups excluding carboxylic acids is 1. The maximum Gasteiger partial charge on any atom is 0.236 e. The van der Waals surface area contributed by atoms with Crippen molar-refractivity contribution in [2.24, 2.45) is 5.10 Å². The molecule has 1 amide bonds. The number of hydrazone groups is 1. The van der Waals surface area contributed by atoms with Crippen molar-refractivity contribution in [2.45, 2.75) is 24.8 Å². The number of methoxy groups -OCH3 is 1.